The molecule has 3 heterocycles. The lowest BCUT2D eigenvalue weighted by molar-refractivity contribution is 0.0595. The van der Waals surface area contributed by atoms with Gasteiger partial charge in [-0.05, 0) is 32.4 Å². The van der Waals surface area contributed by atoms with Gasteiger partial charge in [-0.15, -0.1) is 11.3 Å². The number of amides is 1. The zero-order chi connectivity index (χ0) is 18.1. The summed E-state index contributed by atoms with van der Waals surface area (Å²) in [7, 11) is 2.16. The number of thiazole rings is 1. The normalized spacial score (nSPS) is 18.0. The molecule has 4 rings (SSSR count). The average Bonchev–Trinajstić information content (AvgIpc) is 3.22. The van der Waals surface area contributed by atoms with E-state index in [0.717, 1.165) is 43.1 Å². The van der Waals surface area contributed by atoms with Crippen LogP contribution in [0.3, 0.4) is 0 Å². The van der Waals surface area contributed by atoms with E-state index in [1.807, 2.05) is 33.9 Å². The lowest BCUT2D eigenvalue weighted by atomic mass is 10.0. The van der Waals surface area contributed by atoms with Gasteiger partial charge in [-0.1, -0.05) is 30.3 Å². The second-order valence-corrected chi connectivity index (χ2v) is 7.92. The first-order valence-corrected chi connectivity index (χ1v) is 9.97. The molecule has 26 heavy (non-hydrogen) atoms. The largest absolute Gasteiger partial charge is 0.336 e. The average molecular weight is 369 g/mol. The van der Waals surface area contributed by atoms with E-state index in [9.17, 15) is 4.79 Å². The van der Waals surface area contributed by atoms with E-state index in [1.165, 1.54) is 5.56 Å². The van der Waals surface area contributed by atoms with Crippen LogP contribution in [-0.2, 0) is 6.54 Å². The lowest BCUT2D eigenvalue weighted by Crippen LogP contribution is -2.48. The van der Waals surface area contributed by atoms with E-state index in [1.54, 1.807) is 11.3 Å². The monoisotopic (exact) mass is 368 g/mol. The summed E-state index contributed by atoms with van der Waals surface area (Å²) in [6.07, 6.45) is 4.11. The predicted octanol–water partition coefficient (Wildman–Crippen LogP) is 3.44. The summed E-state index contributed by atoms with van der Waals surface area (Å²) in [6, 6.07) is 10.9. The molecule has 1 amide bonds. The van der Waals surface area contributed by atoms with E-state index >= 15 is 0 Å². The Balaban J connectivity index is 1.48. The maximum atomic E-state index is 13.2. The molecule has 5 nitrogen and oxygen atoms in total. The zero-order valence-corrected chi connectivity index (χ0v) is 16.1. The third kappa shape index (κ3) is 3.27. The summed E-state index contributed by atoms with van der Waals surface area (Å²) < 4.78 is 1.93. The molecular weight excluding hydrogens is 344 g/mol. The number of hydrogen-bond donors (Lipinski definition) is 0. The number of likely N-dealkylation sites (tertiary alicyclic amines) is 1. The van der Waals surface area contributed by atoms with Gasteiger partial charge in [-0.25, -0.2) is 4.98 Å². The van der Waals surface area contributed by atoms with E-state index in [-0.39, 0.29) is 5.91 Å². The first-order valence-electron chi connectivity index (χ1n) is 9.09. The van der Waals surface area contributed by atoms with Gasteiger partial charge in [0.2, 0.25) is 0 Å². The highest BCUT2D eigenvalue weighted by Crippen LogP contribution is 2.22. The van der Waals surface area contributed by atoms with Gasteiger partial charge in [-0.2, -0.15) is 0 Å². The number of rotatable bonds is 4. The Morgan fingerprint density at radius 2 is 2.15 bits per heavy atom. The number of carbonyl (C=O) groups is 1. The number of aromatic nitrogens is 2. The Morgan fingerprint density at radius 3 is 2.96 bits per heavy atom. The van der Waals surface area contributed by atoms with E-state index in [2.05, 4.69) is 41.2 Å². The van der Waals surface area contributed by atoms with Crippen LogP contribution in [0.2, 0.25) is 0 Å². The Kier molecular flexibility index (Phi) is 4.78. The zero-order valence-electron chi connectivity index (χ0n) is 15.3. The molecule has 1 aliphatic rings. The molecule has 1 unspecified atom stereocenters. The Bertz CT molecular complexity index is 901. The molecule has 0 bridgehead atoms. The molecular formula is C20H24N4OS. The number of fused-ring (bicyclic) bond motifs is 1. The maximum Gasteiger partial charge on any atom is 0.272 e. The molecule has 1 saturated heterocycles. The van der Waals surface area contributed by atoms with Gasteiger partial charge in [-0.3, -0.25) is 14.1 Å². The molecule has 3 aromatic rings. The molecule has 0 radical (unpaired) electrons. The van der Waals surface area contributed by atoms with Crippen molar-refractivity contribution in [1.82, 2.24) is 19.2 Å². The van der Waals surface area contributed by atoms with Crippen LogP contribution in [0.25, 0.3) is 4.96 Å². The van der Waals surface area contributed by atoms with Gasteiger partial charge in [0, 0.05) is 37.3 Å². The van der Waals surface area contributed by atoms with Gasteiger partial charge in [0.15, 0.2) is 4.96 Å². The van der Waals surface area contributed by atoms with Crippen molar-refractivity contribution in [1.29, 1.82) is 0 Å². The highest BCUT2D eigenvalue weighted by molar-refractivity contribution is 7.15. The van der Waals surface area contributed by atoms with Crippen LogP contribution < -0.4 is 0 Å². The van der Waals surface area contributed by atoms with Gasteiger partial charge >= 0.3 is 0 Å². The first-order chi connectivity index (χ1) is 12.6. The smallest absolute Gasteiger partial charge is 0.272 e. The number of nitrogens with zero attached hydrogens (tertiary/aromatic N) is 4. The fraction of sp³-hybridized carbons (Fsp3) is 0.400. The summed E-state index contributed by atoms with van der Waals surface area (Å²) >= 11 is 1.57. The molecule has 1 fully saturated rings. The van der Waals surface area contributed by atoms with Gasteiger partial charge in [0.25, 0.3) is 5.91 Å². The topological polar surface area (TPSA) is 40.9 Å². The van der Waals surface area contributed by atoms with Crippen molar-refractivity contribution in [3.05, 3.63) is 58.9 Å². The Morgan fingerprint density at radius 1 is 1.35 bits per heavy atom. The summed E-state index contributed by atoms with van der Waals surface area (Å²) in [5.74, 6) is 0.103. The number of aryl methyl sites for hydroxylation is 1. The molecule has 6 heteroatoms. The van der Waals surface area contributed by atoms with E-state index < -0.39 is 0 Å². The van der Waals surface area contributed by atoms with Crippen molar-refractivity contribution in [3.8, 4) is 0 Å². The molecule has 0 saturated carbocycles. The number of benzene rings is 1. The minimum atomic E-state index is 0.103. The molecule has 0 spiro atoms. The standard InChI is InChI=1S/C20H24N4OS/c1-15-18(24-11-12-26-20(24)21-15)19(25)23-10-6-9-17(14-23)22(2)13-16-7-4-3-5-8-16/h3-5,7-8,11-12,17H,6,9-10,13-14H2,1-2H3. The maximum absolute atomic E-state index is 13.2. The molecule has 1 atom stereocenters. The summed E-state index contributed by atoms with van der Waals surface area (Å²) in [5, 5.41) is 1.98. The minimum absolute atomic E-state index is 0.103. The first kappa shape index (κ1) is 17.2. The number of carbonyl (C=O) groups excluding carboxylic acids is 1. The van der Waals surface area contributed by atoms with Crippen molar-refractivity contribution in [3.63, 3.8) is 0 Å². The molecule has 2 aromatic heterocycles. The molecule has 0 N–H and O–H groups in total. The highest BCUT2D eigenvalue weighted by atomic mass is 32.1. The summed E-state index contributed by atoms with van der Waals surface area (Å²) in [4.78, 5) is 23.0. The van der Waals surface area contributed by atoms with Crippen LogP contribution in [0, 0.1) is 6.92 Å². The Hall–Kier alpha value is -2.18. The Labute approximate surface area is 157 Å². The van der Waals surface area contributed by atoms with Crippen LogP contribution in [-0.4, -0.2) is 51.3 Å². The number of imidazole rings is 1. The quantitative estimate of drug-likeness (QED) is 0.708. The van der Waals surface area contributed by atoms with Crippen LogP contribution in [0.1, 0.15) is 34.6 Å². The lowest BCUT2D eigenvalue weighted by Gasteiger charge is -2.37. The van der Waals surface area contributed by atoms with Crippen LogP contribution in [0.4, 0.5) is 0 Å². The van der Waals surface area contributed by atoms with Crippen molar-refractivity contribution in [2.75, 3.05) is 20.1 Å². The van der Waals surface area contributed by atoms with Crippen LogP contribution in [0.5, 0.6) is 0 Å². The predicted molar refractivity (Wildman–Crippen MR) is 105 cm³/mol. The van der Waals surface area contributed by atoms with Crippen LogP contribution in [0.15, 0.2) is 41.9 Å². The molecule has 1 aliphatic heterocycles. The SMILES string of the molecule is Cc1nc2sccn2c1C(=O)N1CCCC(N(C)Cc2ccccc2)C1. The summed E-state index contributed by atoms with van der Waals surface area (Å²) in [5.41, 5.74) is 2.85. The molecule has 136 valence electrons. The van der Waals surface area contributed by atoms with Crippen molar-refractivity contribution < 1.29 is 4.79 Å². The second-order valence-electron chi connectivity index (χ2n) is 7.05. The molecule has 0 aliphatic carbocycles. The van der Waals surface area contributed by atoms with Gasteiger partial charge in [0.05, 0.1) is 5.69 Å². The molecule has 1 aromatic carbocycles. The minimum Gasteiger partial charge on any atom is -0.336 e. The fourth-order valence-corrected chi connectivity index (χ4v) is 4.56. The van der Waals surface area contributed by atoms with E-state index in [4.69, 9.17) is 0 Å². The van der Waals surface area contributed by atoms with Crippen molar-refractivity contribution >= 4 is 22.2 Å². The summed E-state index contributed by atoms with van der Waals surface area (Å²) in [6.45, 7) is 4.44. The highest BCUT2D eigenvalue weighted by Gasteiger charge is 2.29. The fourth-order valence-electron chi connectivity index (χ4n) is 3.80. The number of hydrogen-bond acceptors (Lipinski definition) is 4. The van der Waals surface area contributed by atoms with Gasteiger partial charge in [0.1, 0.15) is 5.69 Å². The van der Waals surface area contributed by atoms with Crippen molar-refractivity contribution in [2.24, 2.45) is 0 Å². The third-order valence-electron chi connectivity index (χ3n) is 5.22. The number of piperidine rings is 1. The van der Waals surface area contributed by atoms with Gasteiger partial charge < -0.3 is 4.90 Å². The number of likely N-dealkylation sites (N-methyl/N-ethyl adjacent to an activating group) is 1. The third-order valence-corrected chi connectivity index (χ3v) is 5.98. The second kappa shape index (κ2) is 7.21. The van der Waals surface area contributed by atoms with Crippen LogP contribution >= 0.6 is 11.3 Å². The van der Waals surface area contributed by atoms with E-state index in [0.29, 0.717) is 11.7 Å². The van der Waals surface area contributed by atoms with Crippen molar-refractivity contribution in [2.45, 2.75) is 32.4 Å².